The highest BCUT2D eigenvalue weighted by Crippen LogP contribution is 2.14. The Balaban J connectivity index is 2.38. The molecule has 0 amide bonds. The molecular formula is C12H18ClNO3S. The van der Waals surface area contributed by atoms with E-state index in [0.29, 0.717) is 36.2 Å². The predicted molar refractivity (Wildman–Crippen MR) is 72.9 cm³/mol. The van der Waals surface area contributed by atoms with Gasteiger partial charge in [0.05, 0.1) is 17.3 Å². The Morgan fingerprint density at radius 1 is 1.22 bits per heavy atom. The Kier molecular flexibility index (Phi) is 6.63. The molecule has 0 radical (unpaired) electrons. The second-order valence-corrected chi connectivity index (χ2v) is 6.27. The van der Waals surface area contributed by atoms with Crippen molar-refractivity contribution in [2.24, 2.45) is 0 Å². The second kappa shape index (κ2) is 7.74. The molecule has 0 bridgehead atoms. The van der Waals surface area contributed by atoms with E-state index in [1.165, 1.54) is 12.1 Å². The molecule has 0 saturated heterocycles. The molecule has 0 heterocycles. The van der Waals surface area contributed by atoms with Gasteiger partial charge in [-0.2, -0.15) is 0 Å². The van der Waals surface area contributed by atoms with Crippen molar-refractivity contribution in [3.8, 4) is 0 Å². The Labute approximate surface area is 113 Å². The first kappa shape index (κ1) is 15.4. The van der Waals surface area contributed by atoms with Gasteiger partial charge in [-0.15, -0.1) is 0 Å². The maximum atomic E-state index is 11.9. The minimum Gasteiger partial charge on any atom is -0.380 e. The third-order valence-electron chi connectivity index (χ3n) is 2.35. The fourth-order valence-electron chi connectivity index (χ4n) is 1.38. The van der Waals surface area contributed by atoms with Crippen LogP contribution in [0.1, 0.15) is 6.92 Å². The summed E-state index contributed by atoms with van der Waals surface area (Å²) in [6.07, 6.45) is 0. The molecule has 1 rings (SSSR count). The van der Waals surface area contributed by atoms with E-state index < -0.39 is 9.84 Å². The van der Waals surface area contributed by atoms with E-state index in [1.54, 1.807) is 12.1 Å². The molecule has 0 spiro atoms. The van der Waals surface area contributed by atoms with Crippen LogP contribution >= 0.6 is 11.6 Å². The fourth-order valence-corrected chi connectivity index (χ4v) is 2.71. The molecule has 18 heavy (non-hydrogen) atoms. The van der Waals surface area contributed by atoms with Gasteiger partial charge in [-0.25, -0.2) is 8.42 Å². The maximum absolute atomic E-state index is 11.9. The lowest BCUT2D eigenvalue weighted by atomic mass is 10.4. The number of ether oxygens (including phenoxy) is 1. The quantitative estimate of drug-likeness (QED) is 0.741. The number of benzene rings is 1. The van der Waals surface area contributed by atoms with Gasteiger partial charge in [-0.1, -0.05) is 11.6 Å². The number of hydrogen-bond donors (Lipinski definition) is 1. The van der Waals surface area contributed by atoms with E-state index in [2.05, 4.69) is 5.32 Å². The first-order valence-corrected chi connectivity index (χ1v) is 7.86. The van der Waals surface area contributed by atoms with E-state index in [0.717, 1.165) is 0 Å². The Hall–Kier alpha value is -0.620. The van der Waals surface area contributed by atoms with Crippen LogP contribution in [0.5, 0.6) is 0 Å². The smallest absolute Gasteiger partial charge is 0.179 e. The number of rotatable bonds is 8. The Bertz CT molecular complexity index is 445. The molecule has 0 aliphatic carbocycles. The van der Waals surface area contributed by atoms with Crippen molar-refractivity contribution in [3.63, 3.8) is 0 Å². The predicted octanol–water partition coefficient (Wildman–Crippen LogP) is 1.74. The molecule has 0 aliphatic heterocycles. The molecule has 4 nitrogen and oxygen atoms in total. The summed E-state index contributed by atoms with van der Waals surface area (Å²) in [5, 5.41) is 3.56. The van der Waals surface area contributed by atoms with Gasteiger partial charge in [0.25, 0.3) is 0 Å². The minimum absolute atomic E-state index is 0.0702. The lowest BCUT2D eigenvalue weighted by Gasteiger charge is -2.06. The largest absolute Gasteiger partial charge is 0.380 e. The first-order chi connectivity index (χ1) is 8.56. The van der Waals surface area contributed by atoms with Crippen LogP contribution in [0, 0.1) is 0 Å². The average molecular weight is 292 g/mol. The van der Waals surface area contributed by atoms with Crippen molar-refractivity contribution >= 4 is 21.4 Å². The summed E-state index contributed by atoms with van der Waals surface area (Å²) in [7, 11) is -3.23. The second-order valence-electron chi connectivity index (χ2n) is 3.72. The van der Waals surface area contributed by atoms with Crippen LogP contribution in [-0.4, -0.2) is 40.5 Å². The Morgan fingerprint density at radius 3 is 2.50 bits per heavy atom. The molecular weight excluding hydrogens is 274 g/mol. The summed E-state index contributed by atoms with van der Waals surface area (Å²) in [6, 6.07) is 6.21. The summed E-state index contributed by atoms with van der Waals surface area (Å²) >= 11 is 5.72. The molecule has 0 fully saturated rings. The van der Waals surface area contributed by atoms with Crippen molar-refractivity contribution in [1.29, 1.82) is 0 Å². The summed E-state index contributed by atoms with van der Waals surface area (Å²) in [5.41, 5.74) is 0. The molecule has 0 aliphatic rings. The number of halogens is 1. The molecule has 102 valence electrons. The number of hydrogen-bond acceptors (Lipinski definition) is 4. The van der Waals surface area contributed by atoms with Gasteiger partial charge in [0, 0.05) is 24.7 Å². The summed E-state index contributed by atoms with van der Waals surface area (Å²) in [5.74, 6) is 0.0702. The zero-order valence-electron chi connectivity index (χ0n) is 10.4. The SMILES string of the molecule is CCOCCNCCS(=O)(=O)c1ccc(Cl)cc1. The monoisotopic (exact) mass is 291 g/mol. The summed E-state index contributed by atoms with van der Waals surface area (Å²) in [4.78, 5) is 0.304. The van der Waals surface area contributed by atoms with Gasteiger partial charge in [0.1, 0.15) is 0 Å². The van der Waals surface area contributed by atoms with Crippen LogP contribution in [0.25, 0.3) is 0 Å². The molecule has 1 aromatic rings. The van der Waals surface area contributed by atoms with E-state index in [1.807, 2.05) is 6.92 Å². The molecule has 0 unspecified atom stereocenters. The third kappa shape index (κ3) is 5.35. The molecule has 1 aromatic carbocycles. The first-order valence-electron chi connectivity index (χ1n) is 5.83. The third-order valence-corrected chi connectivity index (χ3v) is 4.33. The van der Waals surface area contributed by atoms with Crippen LogP contribution in [0.15, 0.2) is 29.2 Å². The van der Waals surface area contributed by atoms with Crippen molar-refractivity contribution < 1.29 is 13.2 Å². The van der Waals surface area contributed by atoms with Crippen LogP contribution in [0.3, 0.4) is 0 Å². The Morgan fingerprint density at radius 2 is 1.89 bits per heavy atom. The average Bonchev–Trinajstić information content (AvgIpc) is 2.34. The van der Waals surface area contributed by atoms with Crippen molar-refractivity contribution in [2.45, 2.75) is 11.8 Å². The van der Waals surface area contributed by atoms with E-state index >= 15 is 0 Å². The van der Waals surface area contributed by atoms with Crippen LogP contribution < -0.4 is 5.32 Å². The molecule has 1 N–H and O–H groups in total. The van der Waals surface area contributed by atoms with Crippen LogP contribution in [0.2, 0.25) is 5.02 Å². The van der Waals surface area contributed by atoms with Gasteiger partial charge in [-0.3, -0.25) is 0 Å². The minimum atomic E-state index is -3.23. The number of sulfone groups is 1. The zero-order chi connectivity index (χ0) is 13.4. The standard InChI is InChI=1S/C12H18ClNO3S/c1-2-17-9-7-14-8-10-18(15,16)12-5-3-11(13)4-6-12/h3-6,14H,2,7-10H2,1H3. The van der Waals surface area contributed by atoms with Gasteiger partial charge >= 0.3 is 0 Å². The highest BCUT2D eigenvalue weighted by Gasteiger charge is 2.13. The zero-order valence-corrected chi connectivity index (χ0v) is 11.9. The molecule has 6 heteroatoms. The van der Waals surface area contributed by atoms with E-state index in [4.69, 9.17) is 16.3 Å². The lowest BCUT2D eigenvalue weighted by Crippen LogP contribution is -2.26. The van der Waals surface area contributed by atoms with Crippen LogP contribution in [0.4, 0.5) is 0 Å². The fraction of sp³-hybridized carbons (Fsp3) is 0.500. The highest BCUT2D eigenvalue weighted by atomic mass is 35.5. The summed E-state index contributed by atoms with van der Waals surface area (Å²) < 4.78 is 29.0. The van der Waals surface area contributed by atoms with Crippen molar-refractivity contribution in [1.82, 2.24) is 5.32 Å². The summed E-state index contributed by atoms with van der Waals surface area (Å²) in [6.45, 7) is 4.26. The normalized spacial score (nSPS) is 11.7. The van der Waals surface area contributed by atoms with Gasteiger partial charge in [-0.05, 0) is 31.2 Å². The highest BCUT2D eigenvalue weighted by molar-refractivity contribution is 7.91. The lowest BCUT2D eigenvalue weighted by molar-refractivity contribution is 0.150. The van der Waals surface area contributed by atoms with Gasteiger partial charge < -0.3 is 10.1 Å². The van der Waals surface area contributed by atoms with Crippen molar-refractivity contribution in [3.05, 3.63) is 29.3 Å². The van der Waals surface area contributed by atoms with Crippen molar-refractivity contribution in [2.75, 3.05) is 32.1 Å². The molecule has 0 saturated carbocycles. The molecule has 0 atom stereocenters. The van der Waals surface area contributed by atoms with Gasteiger partial charge in [0.2, 0.25) is 0 Å². The van der Waals surface area contributed by atoms with E-state index in [9.17, 15) is 8.42 Å². The van der Waals surface area contributed by atoms with Crippen LogP contribution in [-0.2, 0) is 14.6 Å². The number of nitrogens with one attached hydrogen (secondary N) is 1. The molecule has 0 aromatic heterocycles. The maximum Gasteiger partial charge on any atom is 0.179 e. The topological polar surface area (TPSA) is 55.4 Å². The van der Waals surface area contributed by atoms with E-state index in [-0.39, 0.29) is 5.75 Å². The van der Waals surface area contributed by atoms with Gasteiger partial charge in [0.15, 0.2) is 9.84 Å².